The quantitative estimate of drug-likeness (QED) is 0.351. The Kier molecular flexibility index (Phi) is 10.9. The highest BCUT2D eigenvalue weighted by Crippen LogP contribution is 2.22. The number of nitrogens with zero attached hydrogens (tertiary/aromatic N) is 4. The summed E-state index contributed by atoms with van der Waals surface area (Å²) >= 11 is 4.89. The molecule has 1 rings (SSSR count). The minimum atomic E-state index is -0.419. The molecule has 1 aliphatic rings. The molecule has 0 aromatic rings. The summed E-state index contributed by atoms with van der Waals surface area (Å²) in [5, 5.41) is 0. The van der Waals surface area contributed by atoms with Gasteiger partial charge in [0.05, 0.1) is 18.6 Å². The predicted octanol–water partition coefficient (Wildman–Crippen LogP) is 3.63. The number of halogens is 1. The van der Waals surface area contributed by atoms with Crippen LogP contribution in [0.5, 0.6) is 0 Å². The summed E-state index contributed by atoms with van der Waals surface area (Å²) in [6.07, 6.45) is 4.79. The molecule has 0 saturated carbocycles. The maximum absolute atomic E-state index is 14.7. The van der Waals surface area contributed by atoms with Gasteiger partial charge in [0.25, 0.3) is 0 Å². The molecule has 0 aromatic heterocycles. The van der Waals surface area contributed by atoms with Gasteiger partial charge in [0.2, 0.25) is 0 Å². The zero-order valence-corrected chi connectivity index (χ0v) is 19.3. The number of allylic oxidation sites excluding steroid dienone is 5. The number of cyclic esters (lactones) is 1. The number of amides is 1. The Morgan fingerprint density at radius 3 is 2.62 bits per heavy atom. The van der Waals surface area contributed by atoms with E-state index in [1.807, 2.05) is 39.0 Å². The van der Waals surface area contributed by atoms with E-state index >= 15 is 0 Å². The topological polar surface area (TPSA) is 39.3 Å². The van der Waals surface area contributed by atoms with Crippen LogP contribution in [-0.2, 0) is 4.74 Å². The van der Waals surface area contributed by atoms with Crippen LogP contribution in [0.15, 0.2) is 35.4 Å². The van der Waals surface area contributed by atoms with Gasteiger partial charge < -0.3 is 19.4 Å². The minimum absolute atomic E-state index is 0.119. The molecule has 1 amide bonds. The van der Waals surface area contributed by atoms with Crippen LogP contribution >= 0.6 is 12.2 Å². The number of carbonyl (C=O) groups is 1. The minimum Gasteiger partial charge on any atom is -0.442 e. The van der Waals surface area contributed by atoms with Crippen LogP contribution in [0.1, 0.15) is 27.2 Å². The van der Waals surface area contributed by atoms with Gasteiger partial charge in [-0.05, 0) is 33.5 Å². The van der Waals surface area contributed by atoms with E-state index in [9.17, 15) is 9.18 Å². The largest absolute Gasteiger partial charge is 0.442 e. The molecule has 0 N–H and O–H groups in total. The zero-order chi connectivity index (χ0) is 22.0. The highest BCUT2D eigenvalue weighted by atomic mass is 32.1. The number of hydrogen-bond acceptors (Lipinski definition) is 5. The first-order valence-corrected chi connectivity index (χ1v) is 10.4. The van der Waals surface area contributed by atoms with E-state index in [0.717, 1.165) is 19.6 Å². The van der Waals surface area contributed by atoms with Gasteiger partial charge in [-0.25, -0.2) is 9.18 Å². The number of ether oxygens (including phenoxy) is 1. The molecule has 0 bridgehead atoms. The molecule has 1 atom stereocenters. The maximum Gasteiger partial charge on any atom is 0.414 e. The molecular weight excluding hydrogens is 391 g/mol. The molecule has 0 radical (unpaired) electrons. The van der Waals surface area contributed by atoms with Gasteiger partial charge in [0.15, 0.2) is 0 Å². The van der Waals surface area contributed by atoms with Crippen LogP contribution in [0, 0.1) is 0 Å². The Bertz CT molecular complexity index is 651. The first kappa shape index (κ1) is 25.1. The molecule has 1 saturated heterocycles. The molecule has 6 nitrogen and oxygen atoms in total. The Balaban J connectivity index is 2.83. The van der Waals surface area contributed by atoms with E-state index in [1.54, 1.807) is 28.9 Å². The first-order valence-electron chi connectivity index (χ1n) is 9.94. The summed E-state index contributed by atoms with van der Waals surface area (Å²) in [4.78, 5) is 19.7. The summed E-state index contributed by atoms with van der Waals surface area (Å²) in [5.74, 6) is -0.210. The molecule has 0 aliphatic carbocycles. The van der Waals surface area contributed by atoms with Crippen LogP contribution in [0.25, 0.3) is 0 Å². The monoisotopic (exact) mass is 426 g/mol. The van der Waals surface area contributed by atoms with Crippen molar-refractivity contribution in [1.29, 1.82) is 0 Å². The van der Waals surface area contributed by atoms with Crippen LogP contribution in [0.3, 0.4) is 0 Å². The van der Waals surface area contributed by atoms with Crippen molar-refractivity contribution >= 4 is 23.8 Å². The van der Waals surface area contributed by atoms with E-state index in [2.05, 4.69) is 11.8 Å². The van der Waals surface area contributed by atoms with Crippen LogP contribution in [-0.4, -0.2) is 91.2 Å². The SMILES string of the molecule is C/C=C\C(=CC/C(F)=C(\C)N(C)CCN(C)CC)N1CC(CN(C)C=S)OC1=O. The van der Waals surface area contributed by atoms with Crippen molar-refractivity contribution in [3.8, 4) is 0 Å². The Morgan fingerprint density at radius 1 is 1.34 bits per heavy atom. The maximum atomic E-state index is 14.7. The normalized spacial score (nSPS) is 18.3. The second kappa shape index (κ2) is 12.6. The van der Waals surface area contributed by atoms with Crippen molar-refractivity contribution in [3.05, 3.63) is 35.4 Å². The van der Waals surface area contributed by atoms with Gasteiger partial charge in [0, 0.05) is 45.0 Å². The number of likely N-dealkylation sites (N-methyl/N-ethyl adjacent to an activating group) is 3. The van der Waals surface area contributed by atoms with Crippen molar-refractivity contribution < 1.29 is 13.9 Å². The third kappa shape index (κ3) is 8.14. The first-order chi connectivity index (χ1) is 13.7. The predicted molar refractivity (Wildman–Crippen MR) is 120 cm³/mol. The molecule has 0 aromatic carbocycles. The van der Waals surface area contributed by atoms with Gasteiger partial charge in [-0.15, -0.1) is 0 Å². The Hall–Kier alpha value is -1.93. The molecular formula is C21H35FN4O2S. The fraction of sp³-hybridized carbons (Fsp3) is 0.619. The van der Waals surface area contributed by atoms with E-state index in [1.165, 1.54) is 5.49 Å². The Morgan fingerprint density at radius 2 is 2.03 bits per heavy atom. The van der Waals surface area contributed by atoms with E-state index in [-0.39, 0.29) is 18.4 Å². The summed E-state index contributed by atoms with van der Waals surface area (Å²) in [6, 6.07) is 0. The second-order valence-corrected chi connectivity index (χ2v) is 7.51. The highest BCUT2D eigenvalue weighted by Gasteiger charge is 2.33. The number of rotatable bonds is 12. The molecule has 1 heterocycles. The van der Waals surface area contributed by atoms with Gasteiger partial charge in [-0.1, -0.05) is 31.3 Å². The van der Waals surface area contributed by atoms with E-state index in [4.69, 9.17) is 17.0 Å². The van der Waals surface area contributed by atoms with Gasteiger partial charge in [0.1, 0.15) is 11.9 Å². The lowest BCUT2D eigenvalue weighted by molar-refractivity contribution is 0.126. The van der Waals surface area contributed by atoms with Crippen molar-refractivity contribution in [2.45, 2.75) is 33.3 Å². The summed E-state index contributed by atoms with van der Waals surface area (Å²) in [6.45, 7) is 9.26. The molecule has 29 heavy (non-hydrogen) atoms. The number of carbonyl (C=O) groups excluding carboxylic acids is 1. The average molecular weight is 427 g/mol. The zero-order valence-electron chi connectivity index (χ0n) is 18.5. The standard InChI is InChI=1S/C21H35FN4O2S/c1-7-9-18(26-15-19(28-21(26)27)14-24(5)16-29)10-11-20(22)17(3)25(6)13-12-23(4)8-2/h7,9-10,16,19H,8,11-15H2,1-6H3/b9-7-,18-10?,20-17-. The van der Waals surface area contributed by atoms with Crippen molar-refractivity contribution in [3.63, 3.8) is 0 Å². The number of hydrogen-bond donors (Lipinski definition) is 0. The lowest BCUT2D eigenvalue weighted by atomic mass is 10.2. The van der Waals surface area contributed by atoms with Crippen LogP contribution < -0.4 is 0 Å². The van der Waals surface area contributed by atoms with E-state index in [0.29, 0.717) is 24.5 Å². The molecule has 164 valence electrons. The lowest BCUT2D eigenvalue weighted by Crippen LogP contribution is -2.31. The lowest BCUT2D eigenvalue weighted by Gasteiger charge is -2.24. The molecule has 1 unspecified atom stereocenters. The van der Waals surface area contributed by atoms with Gasteiger partial charge in [-0.2, -0.15) is 0 Å². The average Bonchev–Trinajstić information content (AvgIpc) is 3.07. The van der Waals surface area contributed by atoms with Crippen molar-refractivity contribution in [1.82, 2.24) is 19.6 Å². The van der Waals surface area contributed by atoms with Crippen LogP contribution in [0.4, 0.5) is 9.18 Å². The van der Waals surface area contributed by atoms with Gasteiger partial charge in [-0.3, -0.25) is 4.90 Å². The summed E-state index contributed by atoms with van der Waals surface area (Å²) < 4.78 is 20.1. The molecule has 1 aliphatic heterocycles. The van der Waals surface area contributed by atoms with Crippen molar-refractivity contribution in [2.24, 2.45) is 0 Å². The summed E-state index contributed by atoms with van der Waals surface area (Å²) in [5.41, 5.74) is 2.77. The third-order valence-electron chi connectivity index (χ3n) is 5.01. The van der Waals surface area contributed by atoms with Gasteiger partial charge >= 0.3 is 6.09 Å². The smallest absolute Gasteiger partial charge is 0.414 e. The van der Waals surface area contributed by atoms with Crippen molar-refractivity contribution in [2.75, 3.05) is 53.9 Å². The number of thiocarbonyl (C=S) groups is 1. The Labute approximate surface area is 180 Å². The van der Waals surface area contributed by atoms with E-state index < -0.39 is 6.09 Å². The second-order valence-electron chi connectivity index (χ2n) is 7.30. The highest BCUT2D eigenvalue weighted by molar-refractivity contribution is 7.78. The summed E-state index contributed by atoms with van der Waals surface area (Å²) in [7, 11) is 5.77. The fourth-order valence-electron chi connectivity index (χ4n) is 2.83. The third-order valence-corrected chi connectivity index (χ3v) is 5.37. The molecule has 8 heteroatoms. The van der Waals surface area contributed by atoms with Crippen LogP contribution in [0.2, 0.25) is 0 Å². The molecule has 0 spiro atoms. The molecule has 1 fully saturated rings. The fourth-order valence-corrected chi connectivity index (χ4v) is 2.91.